The van der Waals surface area contributed by atoms with Crippen LogP contribution in [-0.4, -0.2) is 55.1 Å². The number of hydrogen-bond acceptors (Lipinski definition) is 5. The van der Waals surface area contributed by atoms with Crippen LogP contribution in [0.25, 0.3) is 0 Å². The van der Waals surface area contributed by atoms with Crippen molar-refractivity contribution in [3.05, 3.63) is 88.1 Å². The smallest absolute Gasteiger partial charge is 0.350 e. The number of esters is 1. The van der Waals surface area contributed by atoms with Crippen LogP contribution in [0, 0.1) is 0 Å². The fraction of sp³-hybridized carbons (Fsp3) is 0.250. The van der Waals surface area contributed by atoms with Crippen molar-refractivity contribution in [2.75, 3.05) is 38.6 Å². The predicted octanol–water partition coefficient (Wildman–Crippen LogP) is 4.47. The van der Waals surface area contributed by atoms with Gasteiger partial charge in [0.1, 0.15) is 4.88 Å². The number of rotatable bonds is 5. The number of benzene rings is 2. The first kappa shape index (κ1) is 21.1. The molecule has 1 aliphatic rings. The van der Waals surface area contributed by atoms with Crippen molar-refractivity contribution in [1.82, 2.24) is 9.80 Å². The standard InChI is InChI=1S/C24H25N3O3S/c1-30-23(28)22-20(12-17-31-22)25-24(29)27-15-13-26(14-16-27)21(18-8-4-2-5-9-18)19-10-6-3-7-11-19/h2-12,17,21H,13-16H2,1H3,(H,25,29). The lowest BCUT2D eigenvalue weighted by atomic mass is 9.96. The Balaban J connectivity index is 1.44. The lowest BCUT2D eigenvalue weighted by Gasteiger charge is -2.39. The van der Waals surface area contributed by atoms with Crippen LogP contribution in [-0.2, 0) is 4.74 Å². The Morgan fingerprint density at radius 2 is 1.48 bits per heavy atom. The van der Waals surface area contributed by atoms with Gasteiger partial charge in [-0.25, -0.2) is 9.59 Å². The maximum Gasteiger partial charge on any atom is 0.350 e. The lowest BCUT2D eigenvalue weighted by molar-refractivity contribution is 0.0607. The van der Waals surface area contributed by atoms with Crippen LogP contribution in [0.15, 0.2) is 72.1 Å². The monoisotopic (exact) mass is 435 g/mol. The number of carbonyl (C=O) groups excluding carboxylic acids is 2. The van der Waals surface area contributed by atoms with Crippen LogP contribution in [0.3, 0.4) is 0 Å². The van der Waals surface area contributed by atoms with Crippen LogP contribution in [0.4, 0.5) is 10.5 Å². The average molecular weight is 436 g/mol. The van der Waals surface area contributed by atoms with E-state index in [1.54, 1.807) is 16.3 Å². The number of urea groups is 1. The summed E-state index contributed by atoms with van der Waals surface area (Å²) < 4.78 is 4.79. The van der Waals surface area contributed by atoms with E-state index in [0.29, 0.717) is 23.7 Å². The number of methoxy groups -OCH3 is 1. The van der Waals surface area contributed by atoms with E-state index in [1.807, 2.05) is 12.1 Å². The molecule has 1 aliphatic heterocycles. The summed E-state index contributed by atoms with van der Waals surface area (Å²) in [7, 11) is 1.34. The van der Waals surface area contributed by atoms with Crippen molar-refractivity contribution < 1.29 is 14.3 Å². The maximum absolute atomic E-state index is 12.8. The van der Waals surface area contributed by atoms with E-state index in [9.17, 15) is 9.59 Å². The van der Waals surface area contributed by atoms with Gasteiger partial charge < -0.3 is 15.0 Å². The highest BCUT2D eigenvalue weighted by Gasteiger charge is 2.28. The minimum Gasteiger partial charge on any atom is -0.465 e. The number of nitrogens with one attached hydrogen (secondary N) is 1. The number of hydrogen-bond donors (Lipinski definition) is 1. The van der Waals surface area contributed by atoms with Gasteiger partial charge in [0, 0.05) is 26.2 Å². The molecule has 2 amide bonds. The molecule has 1 fully saturated rings. The molecule has 0 spiro atoms. The molecule has 0 aliphatic carbocycles. The zero-order valence-corrected chi connectivity index (χ0v) is 18.2. The van der Waals surface area contributed by atoms with Gasteiger partial charge >= 0.3 is 12.0 Å². The lowest BCUT2D eigenvalue weighted by Crippen LogP contribution is -2.51. The molecule has 0 atom stereocenters. The van der Waals surface area contributed by atoms with E-state index in [-0.39, 0.29) is 12.1 Å². The van der Waals surface area contributed by atoms with E-state index < -0.39 is 5.97 Å². The molecule has 1 saturated heterocycles. The van der Waals surface area contributed by atoms with Gasteiger partial charge in [0.25, 0.3) is 0 Å². The first-order chi connectivity index (χ1) is 15.2. The fourth-order valence-corrected chi connectivity index (χ4v) is 4.69. The summed E-state index contributed by atoms with van der Waals surface area (Å²) in [6, 6.07) is 22.6. The molecular weight excluding hydrogens is 410 g/mol. The van der Waals surface area contributed by atoms with Gasteiger partial charge in [0.05, 0.1) is 18.8 Å². The minimum absolute atomic E-state index is 0.149. The summed E-state index contributed by atoms with van der Waals surface area (Å²) in [6.45, 7) is 2.74. The van der Waals surface area contributed by atoms with E-state index in [0.717, 1.165) is 13.1 Å². The summed E-state index contributed by atoms with van der Waals surface area (Å²) in [6.07, 6.45) is 0. The Morgan fingerprint density at radius 1 is 0.903 bits per heavy atom. The van der Waals surface area contributed by atoms with Crippen molar-refractivity contribution in [1.29, 1.82) is 0 Å². The van der Waals surface area contributed by atoms with Gasteiger partial charge in [0.15, 0.2) is 0 Å². The first-order valence-corrected chi connectivity index (χ1v) is 11.1. The van der Waals surface area contributed by atoms with Crippen LogP contribution in [0.1, 0.15) is 26.8 Å². The number of amides is 2. The van der Waals surface area contributed by atoms with Crippen molar-refractivity contribution >= 4 is 29.0 Å². The highest BCUT2D eigenvalue weighted by Crippen LogP contribution is 2.30. The molecule has 2 heterocycles. The SMILES string of the molecule is COC(=O)c1sccc1NC(=O)N1CCN(C(c2ccccc2)c2ccccc2)CC1. The summed E-state index contributed by atoms with van der Waals surface area (Å²) >= 11 is 1.25. The molecular formula is C24H25N3O3S. The number of ether oxygens (including phenoxy) is 1. The molecule has 1 N–H and O–H groups in total. The summed E-state index contributed by atoms with van der Waals surface area (Å²) in [5, 5.41) is 4.63. The topological polar surface area (TPSA) is 61.9 Å². The number of thiophene rings is 1. The van der Waals surface area contributed by atoms with Gasteiger partial charge in [0.2, 0.25) is 0 Å². The minimum atomic E-state index is -0.441. The van der Waals surface area contributed by atoms with E-state index in [2.05, 4.69) is 58.7 Å². The van der Waals surface area contributed by atoms with Crippen molar-refractivity contribution in [3.63, 3.8) is 0 Å². The number of piperazine rings is 1. The molecule has 31 heavy (non-hydrogen) atoms. The third-order valence-corrected chi connectivity index (χ3v) is 6.37. The van der Waals surface area contributed by atoms with Crippen LogP contribution < -0.4 is 5.32 Å². The summed E-state index contributed by atoms with van der Waals surface area (Å²) in [4.78, 5) is 29.3. The fourth-order valence-electron chi connectivity index (χ4n) is 3.92. The molecule has 160 valence electrons. The van der Waals surface area contributed by atoms with Gasteiger partial charge in [-0.3, -0.25) is 4.90 Å². The second-order valence-electron chi connectivity index (χ2n) is 7.33. The quantitative estimate of drug-likeness (QED) is 0.601. The van der Waals surface area contributed by atoms with Gasteiger partial charge in [-0.15, -0.1) is 11.3 Å². The molecule has 2 aromatic carbocycles. The molecule has 3 aromatic rings. The van der Waals surface area contributed by atoms with Crippen LogP contribution >= 0.6 is 11.3 Å². The Morgan fingerprint density at radius 3 is 2.03 bits per heavy atom. The normalized spacial score (nSPS) is 14.5. The zero-order valence-electron chi connectivity index (χ0n) is 17.4. The summed E-state index contributed by atoms with van der Waals surface area (Å²) in [5.41, 5.74) is 2.98. The molecule has 0 saturated carbocycles. The Bertz CT molecular complexity index is 975. The van der Waals surface area contributed by atoms with Crippen molar-refractivity contribution in [3.8, 4) is 0 Å². The Labute approximate surface area is 186 Å². The second kappa shape index (κ2) is 9.76. The molecule has 6 nitrogen and oxygen atoms in total. The van der Waals surface area contributed by atoms with Crippen molar-refractivity contribution in [2.24, 2.45) is 0 Å². The summed E-state index contributed by atoms with van der Waals surface area (Å²) in [5.74, 6) is -0.441. The van der Waals surface area contributed by atoms with Gasteiger partial charge in [-0.2, -0.15) is 0 Å². The van der Waals surface area contributed by atoms with E-state index in [4.69, 9.17) is 4.74 Å². The molecule has 0 radical (unpaired) electrons. The highest BCUT2D eigenvalue weighted by atomic mass is 32.1. The Hall–Kier alpha value is -3.16. The van der Waals surface area contributed by atoms with Gasteiger partial charge in [-0.1, -0.05) is 60.7 Å². The molecule has 4 rings (SSSR count). The van der Waals surface area contributed by atoms with E-state index in [1.165, 1.54) is 29.6 Å². The van der Waals surface area contributed by atoms with Crippen molar-refractivity contribution in [2.45, 2.75) is 6.04 Å². The largest absolute Gasteiger partial charge is 0.465 e. The zero-order chi connectivity index (χ0) is 21.6. The third kappa shape index (κ3) is 4.78. The first-order valence-electron chi connectivity index (χ1n) is 10.2. The number of nitrogens with zero attached hydrogens (tertiary/aromatic N) is 2. The molecule has 0 bridgehead atoms. The van der Waals surface area contributed by atoms with E-state index >= 15 is 0 Å². The predicted molar refractivity (Wildman–Crippen MR) is 123 cm³/mol. The third-order valence-electron chi connectivity index (χ3n) is 5.47. The van der Waals surface area contributed by atoms with Gasteiger partial charge in [-0.05, 0) is 22.6 Å². The molecule has 0 unspecified atom stereocenters. The van der Waals surface area contributed by atoms with Crippen LogP contribution in [0.5, 0.6) is 0 Å². The number of carbonyl (C=O) groups is 2. The highest BCUT2D eigenvalue weighted by molar-refractivity contribution is 7.12. The molecule has 1 aromatic heterocycles. The maximum atomic E-state index is 12.8. The Kier molecular flexibility index (Phi) is 6.64. The molecule has 7 heteroatoms. The number of anilines is 1. The van der Waals surface area contributed by atoms with Crippen LogP contribution in [0.2, 0.25) is 0 Å². The second-order valence-corrected chi connectivity index (χ2v) is 8.25. The average Bonchev–Trinajstić information content (AvgIpc) is 3.28.